The summed E-state index contributed by atoms with van der Waals surface area (Å²) in [6, 6.07) is 4.57. The Hall–Kier alpha value is -1.08. The summed E-state index contributed by atoms with van der Waals surface area (Å²) in [5.41, 5.74) is 1.24. The Kier molecular flexibility index (Phi) is 8.05. The van der Waals surface area contributed by atoms with E-state index in [1.807, 2.05) is 17.4 Å². The number of hydrogen-bond donors (Lipinski definition) is 1. The highest BCUT2D eigenvalue weighted by Gasteiger charge is 2.29. The van der Waals surface area contributed by atoms with Crippen molar-refractivity contribution in [2.45, 2.75) is 18.9 Å². The predicted molar refractivity (Wildman–Crippen MR) is 96.3 cm³/mol. The van der Waals surface area contributed by atoms with E-state index in [1.165, 1.54) is 5.69 Å². The largest absolute Gasteiger partial charge is 0.371 e. The quantitative estimate of drug-likeness (QED) is 0.875. The number of amides is 1. The second kappa shape index (κ2) is 9.27. The molecule has 3 heterocycles. The molecule has 2 saturated heterocycles. The molecule has 1 aromatic heterocycles. The first-order valence-electron chi connectivity index (χ1n) is 7.64. The summed E-state index contributed by atoms with van der Waals surface area (Å²) in [5, 5.41) is 7.18. The molecular formula is C15H25Cl2N5O. The maximum absolute atomic E-state index is 12.0. The molecule has 0 aromatic carbocycles. The molecule has 2 fully saturated rings. The molecule has 0 unspecified atom stereocenters. The molecule has 1 amide bonds. The van der Waals surface area contributed by atoms with Gasteiger partial charge >= 0.3 is 0 Å². The predicted octanol–water partition coefficient (Wildman–Crippen LogP) is 1.17. The van der Waals surface area contributed by atoms with Crippen molar-refractivity contribution in [2.24, 2.45) is 0 Å². The van der Waals surface area contributed by atoms with Crippen LogP contribution >= 0.6 is 24.8 Å². The number of hydrogen-bond acceptors (Lipinski definition) is 5. The van der Waals surface area contributed by atoms with Gasteiger partial charge in [-0.05, 0) is 25.0 Å². The van der Waals surface area contributed by atoms with Gasteiger partial charge in [-0.3, -0.25) is 14.8 Å². The van der Waals surface area contributed by atoms with Crippen molar-refractivity contribution in [2.75, 3.05) is 44.7 Å². The zero-order chi connectivity index (χ0) is 14.7. The lowest BCUT2D eigenvalue weighted by Crippen LogP contribution is -2.58. The highest BCUT2D eigenvalue weighted by Crippen LogP contribution is 2.22. The third kappa shape index (κ3) is 4.70. The number of pyridine rings is 1. The van der Waals surface area contributed by atoms with Gasteiger partial charge in [-0.2, -0.15) is 0 Å². The minimum atomic E-state index is 0. The van der Waals surface area contributed by atoms with Gasteiger partial charge in [-0.25, -0.2) is 5.01 Å². The highest BCUT2D eigenvalue weighted by atomic mass is 35.5. The van der Waals surface area contributed by atoms with Crippen LogP contribution in [0.1, 0.15) is 12.8 Å². The van der Waals surface area contributed by atoms with Gasteiger partial charge in [0.2, 0.25) is 0 Å². The number of carbonyl (C=O) groups is 1. The Morgan fingerprint density at radius 1 is 1.17 bits per heavy atom. The number of piperazine rings is 1. The van der Waals surface area contributed by atoms with E-state index in [9.17, 15) is 4.79 Å². The van der Waals surface area contributed by atoms with E-state index in [4.69, 9.17) is 0 Å². The average Bonchev–Trinajstić information content (AvgIpc) is 2.56. The Balaban J connectivity index is 0.00000132. The maximum atomic E-state index is 12.0. The van der Waals surface area contributed by atoms with E-state index in [-0.39, 0.29) is 30.7 Å². The summed E-state index contributed by atoms with van der Waals surface area (Å²) in [6.07, 6.45) is 5.84. The van der Waals surface area contributed by atoms with Crippen LogP contribution in [0.5, 0.6) is 0 Å². The summed E-state index contributed by atoms with van der Waals surface area (Å²) in [5.74, 6) is 0.181. The fourth-order valence-corrected chi connectivity index (χ4v) is 3.18. The Morgan fingerprint density at radius 2 is 1.83 bits per heavy atom. The number of nitrogens with zero attached hydrogens (tertiary/aromatic N) is 4. The second-order valence-corrected chi connectivity index (χ2v) is 5.69. The van der Waals surface area contributed by atoms with Gasteiger partial charge in [0.1, 0.15) is 0 Å². The lowest BCUT2D eigenvalue weighted by molar-refractivity contribution is -0.153. The molecule has 2 aliphatic heterocycles. The number of anilines is 1. The normalized spacial score (nSPS) is 19.3. The minimum Gasteiger partial charge on any atom is -0.371 e. The van der Waals surface area contributed by atoms with Crippen molar-refractivity contribution < 1.29 is 4.79 Å². The summed E-state index contributed by atoms with van der Waals surface area (Å²) in [6.45, 7) is 4.17. The Labute approximate surface area is 150 Å². The van der Waals surface area contributed by atoms with Crippen LogP contribution in [0, 0.1) is 0 Å². The van der Waals surface area contributed by atoms with E-state index >= 15 is 0 Å². The molecule has 130 valence electrons. The average molecular weight is 362 g/mol. The number of rotatable bonds is 3. The summed E-state index contributed by atoms with van der Waals surface area (Å²) in [7, 11) is 2.05. The Morgan fingerprint density at radius 3 is 2.43 bits per heavy atom. The number of piperidine rings is 1. The molecule has 0 bridgehead atoms. The van der Waals surface area contributed by atoms with Crippen LogP contribution < -0.4 is 10.2 Å². The van der Waals surface area contributed by atoms with Crippen LogP contribution in [-0.4, -0.2) is 66.7 Å². The van der Waals surface area contributed by atoms with Crippen LogP contribution in [0.25, 0.3) is 0 Å². The lowest BCUT2D eigenvalue weighted by atomic mass is 10.0. The molecule has 6 nitrogen and oxygen atoms in total. The number of nitrogens with one attached hydrogen (secondary N) is 1. The molecule has 1 N–H and O–H groups in total. The highest BCUT2D eigenvalue weighted by molar-refractivity contribution is 5.85. The SMILES string of the molecule is CN(C1CCN(c2ccncc2)CC1)N1CCNCC1=O.Cl.Cl. The van der Waals surface area contributed by atoms with Gasteiger partial charge in [-0.15, -0.1) is 24.8 Å². The molecule has 8 heteroatoms. The molecule has 0 aliphatic carbocycles. The van der Waals surface area contributed by atoms with E-state index in [0.29, 0.717) is 12.6 Å². The lowest BCUT2D eigenvalue weighted by Gasteiger charge is -2.43. The van der Waals surface area contributed by atoms with Gasteiger partial charge in [-0.1, -0.05) is 0 Å². The monoisotopic (exact) mass is 361 g/mol. The Bertz CT molecular complexity index is 482. The zero-order valence-electron chi connectivity index (χ0n) is 13.4. The van der Waals surface area contributed by atoms with Gasteiger partial charge in [0, 0.05) is 50.8 Å². The smallest absolute Gasteiger partial charge is 0.250 e. The van der Waals surface area contributed by atoms with Crippen molar-refractivity contribution in [1.29, 1.82) is 0 Å². The van der Waals surface area contributed by atoms with E-state index in [0.717, 1.165) is 39.0 Å². The van der Waals surface area contributed by atoms with Gasteiger partial charge in [0.15, 0.2) is 0 Å². The third-order valence-electron chi connectivity index (χ3n) is 4.47. The van der Waals surface area contributed by atoms with Crippen molar-refractivity contribution in [3.05, 3.63) is 24.5 Å². The standard InChI is InChI=1S/C15H23N5O.2ClH/c1-18(20-11-8-17-12-15(20)21)13-4-9-19(10-5-13)14-2-6-16-7-3-14;;/h2-3,6-7,13,17H,4-5,8-12H2,1H3;2*1H. The van der Waals surface area contributed by atoms with Gasteiger partial charge in [0.05, 0.1) is 13.1 Å². The maximum Gasteiger partial charge on any atom is 0.250 e. The molecule has 0 radical (unpaired) electrons. The number of carbonyl (C=O) groups excluding carboxylic acids is 1. The molecule has 0 atom stereocenters. The fourth-order valence-electron chi connectivity index (χ4n) is 3.18. The van der Waals surface area contributed by atoms with Crippen molar-refractivity contribution >= 4 is 36.4 Å². The number of aromatic nitrogens is 1. The molecule has 3 rings (SSSR count). The van der Waals surface area contributed by atoms with Gasteiger partial charge in [0.25, 0.3) is 5.91 Å². The zero-order valence-corrected chi connectivity index (χ0v) is 15.0. The second-order valence-electron chi connectivity index (χ2n) is 5.69. The molecular weight excluding hydrogens is 337 g/mol. The van der Waals surface area contributed by atoms with Crippen LogP contribution in [0.15, 0.2) is 24.5 Å². The first-order valence-corrected chi connectivity index (χ1v) is 7.64. The molecule has 0 spiro atoms. The van der Waals surface area contributed by atoms with E-state index < -0.39 is 0 Å². The molecule has 23 heavy (non-hydrogen) atoms. The first kappa shape index (κ1) is 20.0. The van der Waals surface area contributed by atoms with E-state index in [2.05, 4.69) is 39.4 Å². The fraction of sp³-hybridized carbons (Fsp3) is 0.600. The number of halogens is 2. The van der Waals surface area contributed by atoms with Crippen LogP contribution in [-0.2, 0) is 4.79 Å². The molecule has 1 aromatic rings. The third-order valence-corrected chi connectivity index (χ3v) is 4.47. The van der Waals surface area contributed by atoms with Crippen LogP contribution in [0.2, 0.25) is 0 Å². The molecule has 2 aliphatic rings. The van der Waals surface area contributed by atoms with E-state index in [1.54, 1.807) is 0 Å². The topological polar surface area (TPSA) is 51.7 Å². The van der Waals surface area contributed by atoms with Crippen molar-refractivity contribution in [3.8, 4) is 0 Å². The van der Waals surface area contributed by atoms with Crippen molar-refractivity contribution in [1.82, 2.24) is 20.3 Å². The van der Waals surface area contributed by atoms with Crippen LogP contribution in [0.4, 0.5) is 5.69 Å². The first-order chi connectivity index (χ1) is 10.3. The summed E-state index contributed by atoms with van der Waals surface area (Å²) < 4.78 is 0. The minimum absolute atomic E-state index is 0. The van der Waals surface area contributed by atoms with Crippen LogP contribution in [0.3, 0.4) is 0 Å². The summed E-state index contributed by atoms with van der Waals surface area (Å²) in [4.78, 5) is 18.4. The van der Waals surface area contributed by atoms with Gasteiger partial charge < -0.3 is 10.2 Å². The van der Waals surface area contributed by atoms with Crippen molar-refractivity contribution in [3.63, 3.8) is 0 Å². The molecule has 0 saturated carbocycles. The number of hydrazine groups is 1. The summed E-state index contributed by atoms with van der Waals surface area (Å²) >= 11 is 0.